The standard InChI is InChI=1S/C18H26N2O2/c21-13-15-10-16-7-8-17(11-15)20(16)18(22)6-2-1-4-14-5-3-9-19-12-14/h3,5,9,12,15-17,21H,1-2,4,6-8,10-11,13H2/t15?,16-,17+. The maximum Gasteiger partial charge on any atom is 0.223 e. The Bertz CT molecular complexity index is 477. The number of nitrogens with zero attached hydrogens (tertiary/aromatic N) is 2. The molecule has 2 bridgehead atoms. The third-order valence-corrected chi connectivity index (χ3v) is 5.21. The van der Waals surface area contributed by atoms with Crippen LogP contribution in [0.25, 0.3) is 0 Å². The van der Waals surface area contributed by atoms with Crippen LogP contribution in [-0.2, 0) is 11.2 Å². The Labute approximate surface area is 132 Å². The van der Waals surface area contributed by atoms with Crippen molar-refractivity contribution in [1.82, 2.24) is 9.88 Å². The van der Waals surface area contributed by atoms with Crippen molar-refractivity contribution in [2.75, 3.05) is 6.61 Å². The van der Waals surface area contributed by atoms with Crippen LogP contribution in [0.3, 0.4) is 0 Å². The van der Waals surface area contributed by atoms with E-state index in [0.29, 0.717) is 30.3 Å². The lowest BCUT2D eigenvalue weighted by molar-refractivity contribution is -0.136. The fourth-order valence-corrected chi connectivity index (χ4v) is 4.13. The molecule has 1 N–H and O–H groups in total. The smallest absolute Gasteiger partial charge is 0.223 e. The number of rotatable bonds is 6. The molecule has 2 aliphatic heterocycles. The first-order valence-electron chi connectivity index (χ1n) is 8.59. The molecule has 22 heavy (non-hydrogen) atoms. The summed E-state index contributed by atoms with van der Waals surface area (Å²) in [5.74, 6) is 0.738. The number of aliphatic hydroxyl groups is 1. The van der Waals surface area contributed by atoms with Gasteiger partial charge in [-0.1, -0.05) is 6.07 Å². The van der Waals surface area contributed by atoms with Crippen LogP contribution in [0.1, 0.15) is 50.5 Å². The third-order valence-electron chi connectivity index (χ3n) is 5.21. The van der Waals surface area contributed by atoms with E-state index in [1.807, 2.05) is 12.3 Å². The molecule has 0 aliphatic carbocycles. The molecular weight excluding hydrogens is 276 g/mol. The van der Waals surface area contributed by atoms with Crippen molar-refractivity contribution in [3.63, 3.8) is 0 Å². The van der Waals surface area contributed by atoms with E-state index in [1.54, 1.807) is 6.20 Å². The zero-order valence-electron chi connectivity index (χ0n) is 13.2. The highest BCUT2D eigenvalue weighted by Crippen LogP contribution is 2.38. The number of hydrogen-bond donors (Lipinski definition) is 1. The van der Waals surface area contributed by atoms with E-state index in [-0.39, 0.29) is 6.61 Å². The van der Waals surface area contributed by atoms with Crippen molar-refractivity contribution >= 4 is 5.91 Å². The summed E-state index contributed by atoms with van der Waals surface area (Å²) >= 11 is 0. The quantitative estimate of drug-likeness (QED) is 0.822. The van der Waals surface area contributed by atoms with Gasteiger partial charge in [0, 0.05) is 37.5 Å². The van der Waals surface area contributed by atoms with Gasteiger partial charge in [0.15, 0.2) is 0 Å². The summed E-state index contributed by atoms with van der Waals surface area (Å²) in [5.41, 5.74) is 1.25. The highest BCUT2D eigenvalue weighted by molar-refractivity contribution is 5.77. The lowest BCUT2D eigenvalue weighted by atomic mass is 9.91. The topological polar surface area (TPSA) is 53.4 Å². The first-order chi connectivity index (χ1) is 10.8. The van der Waals surface area contributed by atoms with E-state index in [1.165, 1.54) is 5.56 Å². The third kappa shape index (κ3) is 3.49. The van der Waals surface area contributed by atoms with E-state index in [0.717, 1.165) is 44.9 Å². The van der Waals surface area contributed by atoms with Crippen LogP contribution in [0.4, 0.5) is 0 Å². The second-order valence-electron chi connectivity index (χ2n) is 6.77. The van der Waals surface area contributed by atoms with Gasteiger partial charge in [-0.25, -0.2) is 0 Å². The monoisotopic (exact) mass is 302 g/mol. The highest BCUT2D eigenvalue weighted by Gasteiger charge is 2.42. The predicted molar refractivity (Wildman–Crippen MR) is 85.3 cm³/mol. The van der Waals surface area contributed by atoms with E-state index >= 15 is 0 Å². The Morgan fingerprint density at radius 1 is 1.27 bits per heavy atom. The Morgan fingerprint density at radius 3 is 2.68 bits per heavy atom. The summed E-state index contributed by atoms with van der Waals surface area (Å²) in [6, 6.07) is 4.83. The zero-order valence-corrected chi connectivity index (χ0v) is 13.2. The number of pyridine rings is 1. The first kappa shape index (κ1) is 15.5. The Balaban J connectivity index is 1.43. The SMILES string of the molecule is O=C(CCCCc1cccnc1)N1[C@@H]2CC[C@H]1CC(CO)C2. The second-order valence-corrected chi connectivity index (χ2v) is 6.77. The number of aryl methyl sites for hydroxylation is 1. The normalized spacial score (nSPS) is 27.1. The van der Waals surface area contributed by atoms with Crippen LogP contribution in [0.2, 0.25) is 0 Å². The Morgan fingerprint density at radius 2 is 2.05 bits per heavy atom. The summed E-state index contributed by atoms with van der Waals surface area (Å²) in [4.78, 5) is 18.8. The van der Waals surface area contributed by atoms with Gasteiger partial charge in [-0.15, -0.1) is 0 Å². The molecule has 4 nitrogen and oxygen atoms in total. The number of amides is 1. The molecule has 1 unspecified atom stereocenters. The number of aliphatic hydroxyl groups excluding tert-OH is 1. The molecule has 3 rings (SSSR count). The van der Waals surface area contributed by atoms with Crippen molar-refractivity contribution in [3.05, 3.63) is 30.1 Å². The molecule has 3 atom stereocenters. The van der Waals surface area contributed by atoms with Gasteiger partial charge in [-0.05, 0) is 62.5 Å². The summed E-state index contributed by atoms with van der Waals surface area (Å²) in [6.07, 6.45) is 11.6. The van der Waals surface area contributed by atoms with E-state index in [9.17, 15) is 9.90 Å². The van der Waals surface area contributed by atoms with Gasteiger partial charge in [-0.2, -0.15) is 0 Å². The molecule has 1 amide bonds. The van der Waals surface area contributed by atoms with Crippen LogP contribution in [0.15, 0.2) is 24.5 Å². The van der Waals surface area contributed by atoms with Gasteiger partial charge in [0.1, 0.15) is 0 Å². The van der Waals surface area contributed by atoms with Crippen LogP contribution in [0.5, 0.6) is 0 Å². The van der Waals surface area contributed by atoms with Crippen LogP contribution in [0, 0.1) is 5.92 Å². The molecule has 120 valence electrons. The zero-order chi connectivity index (χ0) is 15.4. The molecule has 2 saturated heterocycles. The van der Waals surface area contributed by atoms with Crippen molar-refractivity contribution in [2.45, 2.75) is 63.5 Å². The van der Waals surface area contributed by atoms with Crippen molar-refractivity contribution in [1.29, 1.82) is 0 Å². The van der Waals surface area contributed by atoms with Gasteiger partial charge in [-0.3, -0.25) is 9.78 Å². The fraction of sp³-hybridized carbons (Fsp3) is 0.667. The average molecular weight is 302 g/mol. The molecule has 1 aromatic heterocycles. The molecule has 2 aliphatic rings. The lowest BCUT2D eigenvalue weighted by Gasteiger charge is -2.38. The first-order valence-corrected chi connectivity index (χ1v) is 8.59. The average Bonchev–Trinajstić information content (AvgIpc) is 2.82. The van der Waals surface area contributed by atoms with Crippen LogP contribution in [-0.4, -0.2) is 39.6 Å². The molecule has 2 fully saturated rings. The molecule has 0 radical (unpaired) electrons. The van der Waals surface area contributed by atoms with Gasteiger partial charge in [0.25, 0.3) is 0 Å². The summed E-state index contributed by atoms with van der Waals surface area (Å²) < 4.78 is 0. The Kier molecular flexibility index (Phi) is 5.08. The molecule has 1 aromatic rings. The van der Waals surface area contributed by atoms with Crippen molar-refractivity contribution in [3.8, 4) is 0 Å². The van der Waals surface area contributed by atoms with Gasteiger partial charge >= 0.3 is 0 Å². The fourth-order valence-electron chi connectivity index (χ4n) is 4.13. The van der Waals surface area contributed by atoms with Crippen LogP contribution < -0.4 is 0 Å². The molecule has 0 aromatic carbocycles. The second kappa shape index (κ2) is 7.23. The predicted octanol–water partition coefficient (Wildman–Crippen LogP) is 2.56. The van der Waals surface area contributed by atoms with E-state index in [2.05, 4.69) is 16.0 Å². The minimum atomic E-state index is 0.278. The van der Waals surface area contributed by atoms with Gasteiger partial charge in [0.05, 0.1) is 0 Å². The van der Waals surface area contributed by atoms with Crippen molar-refractivity contribution in [2.24, 2.45) is 5.92 Å². The Hall–Kier alpha value is -1.42. The highest BCUT2D eigenvalue weighted by atomic mass is 16.3. The largest absolute Gasteiger partial charge is 0.396 e. The number of aromatic nitrogens is 1. The molecule has 0 saturated carbocycles. The minimum Gasteiger partial charge on any atom is -0.396 e. The molecule has 3 heterocycles. The van der Waals surface area contributed by atoms with Crippen LogP contribution >= 0.6 is 0 Å². The number of carbonyl (C=O) groups excluding carboxylic acids is 1. The van der Waals surface area contributed by atoms with E-state index in [4.69, 9.17) is 0 Å². The molecule has 4 heteroatoms. The number of hydrogen-bond acceptors (Lipinski definition) is 3. The van der Waals surface area contributed by atoms with E-state index < -0.39 is 0 Å². The lowest BCUT2D eigenvalue weighted by Crippen LogP contribution is -2.47. The van der Waals surface area contributed by atoms with Gasteiger partial charge in [0.2, 0.25) is 5.91 Å². The molecule has 0 spiro atoms. The van der Waals surface area contributed by atoms with Crippen molar-refractivity contribution < 1.29 is 9.90 Å². The maximum absolute atomic E-state index is 12.5. The number of carbonyl (C=O) groups is 1. The number of piperidine rings is 1. The summed E-state index contributed by atoms with van der Waals surface area (Å²) in [6.45, 7) is 0.278. The van der Waals surface area contributed by atoms with Gasteiger partial charge < -0.3 is 10.0 Å². The maximum atomic E-state index is 12.5. The number of fused-ring (bicyclic) bond motifs is 2. The minimum absolute atomic E-state index is 0.278. The summed E-state index contributed by atoms with van der Waals surface area (Å²) in [7, 11) is 0. The summed E-state index contributed by atoms with van der Waals surface area (Å²) in [5, 5.41) is 9.35. The number of unbranched alkanes of at least 4 members (excludes halogenated alkanes) is 1. The molecular formula is C18H26N2O2.